The van der Waals surface area contributed by atoms with Crippen LogP contribution in [0.2, 0.25) is 0 Å². The van der Waals surface area contributed by atoms with Gasteiger partial charge < -0.3 is 10.1 Å². The highest BCUT2D eigenvalue weighted by Gasteiger charge is 2.34. The van der Waals surface area contributed by atoms with Crippen molar-refractivity contribution in [3.63, 3.8) is 0 Å². The lowest BCUT2D eigenvalue weighted by Gasteiger charge is -2.31. The highest BCUT2D eigenvalue weighted by atomic mass is 32.2. The van der Waals surface area contributed by atoms with E-state index in [0.29, 0.717) is 37.2 Å². The van der Waals surface area contributed by atoms with Crippen molar-refractivity contribution in [3.05, 3.63) is 29.3 Å². The van der Waals surface area contributed by atoms with Gasteiger partial charge in [-0.2, -0.15) is 16.1 Å². The summed E-state index contributed by atoms with van der Waals surface area (Å²) in [7, 11) is -2.26. The van der Waals surface area contributed by atoms with E-state index < -0.39 is 22.0 Å². The number of esters is 1. The molecule has 1 amide bonds. The lowest BCUT2D eigenvalue weighted by Crippen LogP contribution is -2.48. The maximum Gasteiger partial charge on any atom is 0.328 e. The van der Waals surface area contributed by atoms with Crippen molar-refractivity contribution in [1.82, 2.24) is 9.62 Å². The van der Waals surface area contributed by atoms with E-state index in [4.69, 9.17) is 4.74 Å². The van der Waals surface area contributed by atoms with Crippen LogP contribution in [0.3, 0.4) is 0 Å². The molecule has 1 aliphatic carbocycles. The average Bonchev–Trinajstić information content (AvgIpc) is 2.80. The van der Waals surface area contributed by atoms with E-state index in [0.717, 1.165) is 37.0 Å². The molecule has 172 valence electrons. The molecular formula is C22H32N2O5S2. The number of sulfonamides is 1. The summed E-state index contributed by atoms with van der Waals surface area (Å²) in [5.41, 5.74) is 2.39. The van der Waals surface area contributed by atoms with Crippen molar-refractivity contribution in [1.29, 1.82) is 0 Å². The largest absolute Gasteiger partial charge is 0.467 e. The first-order chi connectivity index (χ1) is 14.9. The van der Waals surface area contributed by atoms with Gasteiger partial charge in [-0.15, -0.1) is 0 Å². The SMILES string of the molecule is COC(=O)[C@H](CCSC)NC(=O)C1CCN(S(=O)(=O)c2ccc3c(c2)CCCC3)CC1. The summed E-state index contributed by atoms with van der Waals surface area (Å²) >= 11 is 1.60. The van der Waals surface area contributed by atoms with Crippen LogP contribution < -0.4 is 5.32 Å². The Morgan fingerprint density at radius 2 is 1.87 bits per heavy atom. The average molecular weight is 469 g/mol. The molecule has 1 saturated heterocycles. The fraction of sp³-hybridized carbons (Fsp3) is 0.636. The van der Waals surface area contributed by atoms with Gasteiger partial charge in [0.15, 0.2) is 0 Å². The smallest absolute Gasteiger partial charge is 0.328 e. The molecule has 1 fully saturated rings. The first-order valence-electron chi connectivity index (χ1n) is 10.9. The van der Waals surface area contributed by atoms with Gasteiger partial charge in [-0.3, -0.25) is 4.79 Å². The van der Waals surface area contributed by atoms with Gasteiger partial charge in [-0.25, -0.2) is 13.2 Å². The van der Waals surface area contributed by atoms with E-state index in [1.807, 2.05) is 18.4 Å². The minimum Gasteiger partial charge on any atom is -0.467 e. The molecule has 2 aliphatic rings. The Labute approximate surface area is 189 Å². The monoisotopic (exact) mass is 468 g/mol. The van der Waals surface area contributed by atoms with Gasteiger partial charge in [0.05, 0.1) is 12.0 Å². The zero-order chi connectivity index (χ0) is 22.4. The fourth-order valence-electron chi connectivity index (χ4n) is 4.29. The van der Waals surface area contributed by atoms with E-state index in [2.05, 4.69) is 5.32 Å². The van der Waals surface area contributed by atoms with Crippen LogP contribution in [0, 0.1) is 5.92 Å². The molecule has 9 heteroatoms. The van der Waals surface area contributed by atoms with Gasteiger partial charge >= 0.3 is 5.97 Å². The molecule has 0 radical (unpaired) electrons. The third-order valence-electron chi connectivity index (χ3n) is 6.20. The molecule has 7 nitrogen and oxygen atoms in total. The predicted molar refractivity (Wildman–Crippen MR) is 122 cm³/mol. The van der Waals surface area contributed by atoms with Crippen LogP contribution in [-0.4, -0.2) is 62.8 Å². The predicted octanol–water partition coefficient (Wildman–Crippen LogP) is 2.38. The Kier molecular flexibility index (Phi) is 8.41. The fourth-order valence-corrected chi connectivity index (χ4v) is 6.29. The molecule has 0 saturated carbocycles. The van der Waals surface area contributed by atoms with Crippen molar-refractivity contribution in [2.45, 2.75) is 55.9 Å². The van der Waals surface area contributed by atoms with Crippen molar-refractivity contribution in [2.24, 2.45) is 5.92 Å². The third kappa shape index (κ3) is 5.81. The standard InChI is InChI=1S/C22H32N2O5S2/c1-29-22(26)20(11-14-30-2)23-21(25)17-9-12-24(13-10-17)31(27,28)19-8-7-16-5-3-4-6-18(16)15-19/h7-8,15,17,20H,3-6,9-14H2,1-2H3,(H,23,25)/t20-/m0/s1. The highest BCUT2D eigenvalue weighted by Crippen LogP contribution is 2.28. The van der Waals surface area contributed by atoms with Crippen molar-refractivity contribution in [2.75, 3.05) is 32.2 Å². The summed E-state index contributed by atoms with van der Waals surface area (Å²) < 4.78 is 32.5. The zero-order valence-corrected chi connectivity index (χ0v) is 19.9. The molecule has 0 unspecified atom stereocenters. The van der Waals surface area contributed by atoms with Crippen LogP contribution in [0.25, 0.3) is 0 Å². The normalized spacial score (nSPS) is 18.8. The number of hydrogen-bond acceptors (Lipinski definition) is 6. The van der Waals surface area contributed by atoms with Crippen LogP contribution in [0.4, 0.5) is 0 Å². The number of amides is 1. The van der Waals surface area contributed by atoms with Crippen LogP contribution in [-0.2, 0) is 37.2 Å². The van der Waals surface area contributed by atoms with Crippen LogP contribution >= 0.6 is 11.8 Å². The molecule has 1 aromatic rings. The number of rotatable bonds is 8. The molecule has 0 spiro atoms. The number of hydrogen-bond donors (Lipinski definition) is 1. The van der Waals surface area contributed by atoms with E-state index >= 15 is 0 Å². The Balaban J connectivity index is 1.60. The molecule has 1 aromatic carbocycles. The lowest BCUT2D eigenvalue weighted by atomic mass is 9.92. The molecule has 31 heavy (non-hydrogen) atoms. The van der Waals surface area contributed by atoms with Gasteiger partial charge in [-0.1, -0.05) is 6.07 Å². The molecule has 0 aromatic heterocycles. The summed E-state index contributed by atoms with van der Waals surface area (Å²) in [4.78, 5) is 25.0. The summed E-state index contributed by atoms with van der Waals surface area (Å²) in [6.45, 7) is 0.594. The molecule has 1 atom stereocenters. The molecule has 0 bridgehead atoms. The number of carbonyl (C=O) groups excluding carboxylic acids is 2. The minimum atomic E-state index is -3.57. The van der Waals surface area contributed by atoms with Gasteiger partial charge in [0.1, 0.15) is 6.04 Å². The number of nitrogens with zero attached hydrogens (tertiary/aromatic N) is 1. The number of fused-ring (bicyclic) bond motifs is 1. The van der Waals surface area contributed by atoms with Crippen molar-refractivity contribution in [3.8, 4) is 0 Å². The second kappa shape index (κ2) is 10.8. The number of carbonyl (C=O) groups is 2. The number of nitrogens with one attached hydrogen (secondary N) is 1. The summed E-state index contributed by atoms with van der Waals surface area (Å²) in [5, 5.41) is 2.80. The third-order valence-corrected chi connectivity index (χ3v) is 8.73. The second-order valence-electron chi connectivity index (χ2n) is 8.18. The van der Waals surface area contributed by atoms with E-state index in [-0.39, 0.29) is 11.8 Å². The Morgan fingerprint density at radius 1 is 1.19 bits per heavy atom. The van der Waals surface area contributed by atoms with Gasteiger partial charge in [0.2, 0.25) is 15.9 Å². The number of ether oxygens (including phenoxy) is 1. The number of methoxy groups -OCH3 is 1. The number of benzene rings is 1. The van der Waals surface area contributed by atoms with E-state index in [1.165, 1.54) is 17.0 Å². The van der Waals surface area contributed by atoms with Crippen LogP contribution in [0.1, 0.15) is 43.2 Å². The highest BCUT2D eigenvalue weighted by molar-refractivity contribution is 7.98. The molecule has 1 heterocycles. The summed E-state index contributed by atoms with van der Waals surface area (Å²) in [5.74, 6) is -0.231. The van der Waals surface area contributed by atoms with Crippen molar-refractivity contribution < 1.29 is 22.7 Å². The Bertz CT molecular complexity index is 895. The topological polar surface area (TPSA) is 92.8 Å². The number of aryl methyl sites for hydroxylation is 2. The maximum absolute atomic E-state index is 13.1. The van der Waals surface area contributed by atoms with Gasteiger partial charge in [-0.05, 0) is 80.2 Å². The molecule has 1 N–H and O–H groups in total. The lowest BCUT2D eigenvalue weighted by molar-refractivity contribution is -0.145. The summed E-state index contributed by atoms with van der Waals surface area (Å²) in [6, 6.07) is 4.82. The number of thioether (sulfide) groups is 1. The Hall–Kier alpha value is -1.58. The van der Waals surface area contributed by atoms with Crippen LogP contribution in [0.5, 0.6) is 0 Å². The van der Waals surface area contributed by atoms with E-state index in [9.17, 15) is 18.0 Å². The molecule has 3 rings (SSSR count). The van der Waals surface area contributed by atoms with Gasteiger partial charge in [0, 0.05) is 19.0 Å². The molecule has 1 aliphatic heterocycles. The second-order valence-corrected chi connectivity index (χ2v) is 11.1. The maximum atomic E-state index is 13.1. The van der Waals surface area contributed by atoms with Crippen LogP contribution in [0.15, 0.2) is 23.1 Å². The number of piperidine rings is 1. The first kappa shape index (κ1) is 24.1. The summed E-state index contributed by atoms with van der Waals surface area (Å²) in [6.07, 6.45) is 7.51. The Morgan fingerprint density at radius 3 is 2.52 bits per heavy atom. The molecular weight excluding hydrogens is 436 g/mol. The minimum absolute atomic E-state index is 0.206. The quantitative estimate of drug-likeness (QED) is 0.589. The van der Waals surface area contributed by atoms with Gasteiger partial charge in [0.25, 0.3) is 0 Å². The van der Waals surface area contributed by atoms with E-state index in [1.54, 1.807) is 17.8 Å². The zero-order valence-electron chi connectivity index (χ0n) is 18.3. The van der Waals surface area contributed by atoms with Crippen molar-refractivity contribution >= 4 is 33.7 Å². The first-order valence-corrected chi connectivity index (χ1v) is 13.7.